The zero-order valence-electron chi connectivity index (χ0n) is 19.3. The predicted molar refractivity (Wildman–Crippen MR) is 125 cm³/mol. The number of anilines is 2. The van der Waals surface area contributed by atoms with E-state index < -0.39 is 12.7 Å². The Morgan fingerprint density at radius 1 is 1.18 bits per heavy atom. The molecule has 11 heteroatoms. The summed E-state index contributed by atoms with van der Waals surface area (Å²) in [6, 6.07) is 0.191. The molecule has 0 radical (unpaired) electrons. The van der Waals surface area contributed by atoms with Crippen molar-refractivity contribution in [3.8, 4) is 0 Å². The summed E-state index contributed by atoms with van der Waals surface area (Å²) in [6.07, 6.45) is 0.917. The van der Waals surface area contributed by atoms with Gasteiger partial charge in [0.05, 0.1) is 12.2 Å². The number of nitrogens with one attached hydrogen (secondary N) is 2. The van der Waals surface area contributed by atoms with Crippen molar-refractivity contribution in [2.45, 2.75) is 70.3 Å². The molecular formula is C22H34F3N5O2S. The lowest BCUT2D eigenvalue weighted by atomic mass is 9.85. The van der Waals surface area contributed by atoms with Gasteiger partial charge in [-0.25, -0.2) is 9.78 Å². The number of carbonyl (C=O) groups is 1. The summed E-state index contributed by atoms with van der Waals surface area (Å²) in [6.45, 7) is 4.76. The van der Waals surface area contributed by atoms with Gasteiger partial charge in [-0.1, -0.05) is 13.8 Å². The third kappa shape index (κ3) is 7.82. The summed E-state index contributed by atoms with van der Waals surface area (Å²) >= 11 is 1.78. The predicted octanol–water partition coefficient (Wildman–Crippen LogP) is 5.08. The fourth-order valence-corrected chi connectivity index (χ4v) is 5.20. The molecule has 33 heavy (non-hydrogen) atoms. The smallest absolute Gasteiger partial charge is 0.409 e. The summed E-state index contributed by atoms with van der Waals surface area (Å²) in [5, 5.41) is 5.86. The molecule has 0 spiro atoms. The van der Waals surface area contributed by atoms with Gasteiger partial charge < -0.3 is 20.3 Å². The van der Waals surface area contributed by atoms with Gasteiger partial charge in [-0.05, 0) is 50.2 Å². The lowest BCUT2D eigenvalue weighted by molar-refractivity contribution is -0.115. The molecule has 1 saturated carbocycles. The van der Waals surface area contributed by atoms with Crippen molar-refractivity contribution in [2.75, 3.05) is 42.6 Å². The topological polar surface area (TPSA) is 79.4 Å². The molecule has 186 valence electrons. The van der Waals surface area contributed by atoms with Crippen LogP contribution in [0.2, 0.25) is 0 Å². The van der Waals surface area contributed by atoms with Crippen LogP contribution in [0.25, 0.3) is 0 Å². The second-order valence-corrected chi connectivity index (χ2v) is 9.72. The van der Waals surface area contributed by atoms with Gasteiger partial charge >= 0.3 is 12.3 Å². The average molecular weight is 490 g/mol. The van der Waals surface area contributed by atoms with E-state index >= 15 is 0 Å². The molecule has 2 fully saturated rings. The first kappa shape index (κ1) is 25.7. The van der Waals surface area contributed by atoms with Crippen molar-refractivity contribution >= 4 is 29.6 Å². The summed E-state index contributed by atoms with van der Waals surface area (Å²) < 4.78 is 43.2. The minimum atomic E-state index is -4.33. The first-order valence-electron chi connectivity index (χ1n) is 11.8. The molecule has 1 aliphatic heterocycles. The SMILES string of the molecule is CCCSCc1c(CC)nc(NCC(F)(F)F)nc1NC1CCC(CN2CCOC2=O)CC1. The number of hydrogen-bond donors (Lipinski definition) is 2. The van der Waals surface area contributed by atoms with E-state index in [4.69, 9.17) is 4.74 Å². The Morgan fingerprint density at radius 2 is 1.94 bits per heavy atom. The Bertz CT molecular complexity index is 788. The van der Waals surface area contributed by atoms with Gasteiger partial charge in [0.1, 0.15) is 19.0 Å². The lowest BCUT2D eigenvalue weighted by Gasteiger charge is -2.31. The third-order valence-corrected chi connectivity index (χ3v) is 7.17. The van der Waals surface area contributed by atoms with E-state index in [0.717, 1.165) is 61.4 Å². The van der Waals surface area contributed by atoms with Crippen LogP contribution in [0.15, 0.2) is 0 Å². The maximum atomic E-state index is 12.7. The van der Waals surface area contributed by atoms with Crippen LogP contribution in [0.3, 0.4) is 0 Å². The number of aromatic nitrogens is 2. The molecule has 1 aromatic heterocycles. The van der Waals surface area contributed by atoms with E-state index in [1.54, 1.807) is 16.7 Å². The van der Waals surface area contributed by atoms with Gasteiger partial charge in [0, 0.05) is 23.9 Å². The second kappa shape index (κ2) is 12.0. The lowest BCUT2D eigenvalue weighted by Crippen LogP contribution is -2.35. The molecule has 1 aromatic rings. The van der Waals surface area contributed by atoms with Crippen LogP contribution in [0.5, 0.6) is 0 Å². The number of alkyl halides is 3. The van der Waals surface area contributed by atoms with Gasteiger partial charge in [0.15, 0.2) is 0 Å². The minimum absolute atomic E-state index is 0.0112. The van der Waals surface area contributed by atoms with Crippen LogP contribution in [-0.4, -0.2) is 65.2 Å². The molecule has 2 heterocycles. The highest BCUT2D eigenvalue weighted by atomic mass is 32.2. The largest absolute Gasteiger partial charge is 0.448 e. The molecule has 0 atom stereocenters. The van der Waals surface area contributed by atoms with E-state index in [1.807, 2.05) is 6.92 Å². The molecule has 1 amide bonds. The molecular weight excluding hydrogens is 455 g/mol. The van der Waals surface area contributed by atoms with Crippen LogP contribution >= 0.6 is 11.8 Å². The number of nitrogens with zero attached hydrogens (tertiary/aromatic N) is 3. The average Bonchev–Trinajstić information content (AvgIpc) is 3.18. The van der Waals surface area contributed by atoms with Crippen LogP contribution in [0.1, 0.15) is 57.2 Å². The number of rotatable bonds is 11. The molecule has 1 saturated heterocycles. The molecule has 0 bridgehead atoms. The van der Waals surface area contributed by atoms with E-state index in [2.05, 4.69) is 27.5 Å². The molecule has 3 rings (SSSR count). The number of thioether (sulfide) groups is 1. The van der Waals surface area contributed by atoms with Gasteiger partial charge in [-0.2, -0.15) is 29.9 Å². The van der Waals surface area contributed by atoms with E-state index in [0.29, 0.717) is 31.3 Å². The highest BCUT2D eigenvalue weighted by molar-refractivity contribution is 7.98. The monoisotopic (exact) mass is 489 g/mol. The summed E-state index contributed by atoms with van der Waals surface area (Å²) in [7, 11) is 0. The minimum Gasteiger partial charge on any atom is -0.448 e. The zero-order chi connectivity index (χ0) is 23.8. The number of halogens is 3. The number of carbonyl (C=O) groups excluding carboxylic acids is 1. The summed E-state index contributed by atoms with van der Waals surface area (Å²) in [4.78, 5) is 22.3. The molecule has 2 aliphatic rings. The van der Waals surface area contributed by atoms with E-state index in [9.17, 15) is 18.0 Å². The van der Waals surface area contributed by atoms with Crippen LogP contribution in [-0.2, 0) is 16.9 Å². The van der Waals surface area contributed by atoms with Crippen LogP contribution in [0.4, 0.5) is 29.7 Å². The fourth-order valence-electron chi connectivity index (χ4n) is 4.26. The number of ether oxygens (including phenoxy) is 1. The summed E-state index contributed by atoms with van der Waals surface area (Å²) in [5.74, 6) is 2.82. The molecule has 7 nitrogen and oxygen atoms in total. The third-order valence-electron chi connectivity index (χ3n) is 5.98. The number of cyclic esters (lactones) is 1. The Balaban J connectivity index is 1.67. The van der Waals surface area contributed by atoms with Crippen molar-refractivity contribution < 1.29 is 22.7 Å². The van der Waals surface area contributed by atoms with E-state index in [-0.39, 0.29) is 18.1 Å². The maximum Gasteiger partial charge on any atom is 0.409 e. The van der Waals surface area contributed by atoms with Crippen molar-refractivity contribution in [3.05, 3.63) is 11.3 Å². The van der Waals surface area contributed by atoms with Crippen molar-refractivity contribution in [3.63, 3.8) is 0 Å². The van der Waals surface area contributed by atoms with Crippen molar-refractivity contribution in [2.24, 2.45) is 5.92 Å². The van der Waals surface area contributed by atoms with Gasteiger partial charge in [0.25, 0.3) is 0 Å². The first-order valence-corrected chi connectivity index (χ1v) is 12.9. The maximum absolute atomic E-state index is 12.7. The first-order chi connectivity index (χ1) is 15.8. The van der Waals surface area contributed by atoms with Crippen LogP contribution in [0, 0.1) is 5.92 Å². The zero-order valence-corrected chi connectivity index (χ0v) is 20.2. The Morgan fingerprint density at radius 3 is 2.55 bits per heavy atom. The molecule has 0 unspecified atom stereocenters. The highest BCUT2D eigenvalue weighted by Crippen LogP contribution is 2.31. The molecule has 2 N–H and O–H groups in total. The Kier molecular flexibility index (Phi) is 9.34. The van der Waals surface area contributed by atoms with E-state index in [1.165, 1.54) is 0 Å². The van der Waals surface area contributed by atoms with Gasteiger partial charge in [-0.3, -0.25) is 0 Å². The highest BCUT2D eigenvalue weighted by Gasteiger charge is 2.30. The van der Waals surface area contributed by atoms with Crippen molar-refractivity contribution in [1.29, 1.82) is 0 Å². The van der Waals surface area contributed by atoms with Gasteiger partial charge in [-0.15, -0.1) is 0 Å². The standard InChI is InChI=1S/C22H34F3N5O2S/c1-3-11-33-13-17-18(4-2)28-20(26-14-22(23,24)25)29-19(17)27-16-7-5-15(6-8-16)12-30-9-10-32-21(30)31/h15-16H,3-14H2,1-2H3,(H2,26,27,28,29). The molecule has 0 aromatic carbocycles. The normalized spacial score (nSPS) is 21.2. The van der Waals surface area contributed by atoms with Crippen molar-refractivity contribution in [1.82, 2.24) is 14.9 Å². The van der Waals surface area contributed by atoms with Crippen LogP contribution < -0.4 is 10.6 Å². The number of aryl methyl sites for hydroxylation is 1. The Hall–Kier alpha value is -1.91. The fraction of sp³-hybridized carbons (Fsp3) is 0.773. The molecule has 1 aliphatic carbocycles. The summed E-state index contributed by atoms with van der Waals surface area (Å²) in [5.41, 5.74) is 1.76. The quantitative estimate of drug-likeness (QED) is 0.420. The number of amides is 1. The van der Waals surface area contributed by atoms with Gasteiger partial charge in [0.2, 0.25) is 5.95 Å². The second-order valence-electron chi connectivity index (χ2n) is 8.62. The number of hydrogen-bond acceptors (Lipinski definition) is 7. The Labute approximate surface area is 197 Å².